The largest absolute Gasteiger partial charge is 0.385 e. The molecule has 1 N–H and O–H groups in total. The molecule has 0 spiro atoms. The molecule has 0 unspecified atom stereocenters. The van der Waals surface area contributed by atoms with Crippen LogP contribution in [0.3, 0.4) is 0 Å². The predicted molar refractivity (Wildman–Crippen MR) is 80.8 cm³/mol. The zero-order valence-electron chi connectivity index (χ0n) is 10.7. The van der Waals surface area contributed by atoms with E-state index in [4.69, 9.17) is 0 Å². The minimum Gasteiger partial charge on any atom is -0.385 e. The minimum absolute atomic E-state index is 0.100. The maximum absolute atomic E-state index is 14.0. The molecule has 0 bridgehead atoms. The number of hydrogen-bond donors (Lipinski definition) is 1. The molecule has 0 amide bonds. The Hall–Kier alpha value is -1.68. The molecule has 0 saturated heterocycles. The summed E-state index contributed by atoms with van der Waals surface area (Å²) >= 11 is 3.11. The predicted octanol–water partition coefficient (Wildman–Crippen LogP) is 4.18. The molecular formula is C16H13BrFNO. The van der Waals surface area contributed by atoms with Gasteiger partial charge in [-0.05, 0) is 64.7 Å². The number of nitrogens with one attached hydrogen (secondary N) is 1. The summed E-state index contributed by atoms with van der Waals surface area (Å²) in [6, 6.07) is 10.3. The lowest BCUT2D eigenvalue weighted by atomic mass is 9.96. The first-order chi connectivity index (χ1) is 9.66. The third-order valence-corrected chi connectivity index (χ3v) is 4.11. The molecule has 0 fully saturated rings. The van der Waals surface area contributed by atoms with Gasteiger partial charge < -0.3 is 5.32 Å². The number of anilines is 1. The molecule has 0 aromatic heterocycles. The quantitative estimate of drug-likeness (QED) is 0.835. The zero-order valence-corrected chi connectivity index (χ0v) is 12.3. The first-order valence-corrected chi connectivity index (χ1v) is 7.31. The standard InChI is InChI=1S/C16H13BrFNO/c17-13-5-1-4-12(15(13)18)16(20)11-6-7-14-10(9-11)3-2-8-19-14/h1,4-7,9,19H,2-3,8H2. The van der Waals surface area contributed by atoms with Gasteiger partial charge in [0.15, 0.2) is 5.78 Å². The number of carbonyl (C=O) groups is 1. The van der Waals surface area contributed by atoms with Crippen LogP contribution in [0, 0.1) is 5.82 Å². The van der Waals surface area contributed by atoms with Crippen LogP contribution in [0.4, 0.5) is 10.1 Å². The molecule has 0 atom stereocenters. The Bertz CT molecular complexity index is 684. The summed E-state index contributed by atoms with van der Waals surface area (Å²) in [6.07, 6.45) is 2.00. The van der Waals surface area contributed by atoms with Gasteiger partial charge in [0.1, 0.15) is 5.82 Å². The Kier molecular flexibility index (Phi) is 3.57. The monoisotopic (exact) mass is 333 g/mol. The number of ketones is 1. The zero-order chi connectivity index (χ0) is 14.1. The molecule has 4 heteroatoms. The van der Waals surface area contributed by atoms with Gasteiger partial charge in [-0.3, -0.25) is 4.79 Å². The lowest BCUT2D eigenvalue weighted by Gasteiger charge is -2.18. The summed E-state index contributed by atoms with van der Waals surface area (Å²) in [5.74, 6) is -0.787. The van der Waals surface area contributed by atoms with E-state index in [9.17, 15) is 9.18 Å². The van der Waals surface area contributed by atoms with Gasteiger partial charge in [0.05, 0.1) is 10.0 Å². The average molecular weight is 334 g/mol. The molecule has 0 aliphatic carbocycles. The van der Waals surface area contributed by atoms with Crippen LogP contribution in [0.2, 0.25) is 0 Å². The van der Waals surface area contributed by atoms with E-state index < -0.39 is 5.82 Å². The fraction of sp³-hybridized carbons (Fsp3) is 0.188. The van der Waals surface area contributed by atoms with Crippen molar-refractivity contribution < 1.29 is 9.18 Å². The van der Waals surface area contributed by atoms with Gasteiger partial charge in [0, 0.05) is 17.8 Å². The van der Waals surface area contributed by atoms with Crippen LogP contribution in [0.5, 0.6) is 0 Å². The fourth-order valence-corrected chi connectivity index (χ4v) is 2.82. The Morgan fingerprint density at radius 3 is 2.95 bits per heavy atom. The Morgan fingerprint density at radius 1 is 1.25 bits per heavy atom. The number of halogens is 2. The minimum atomic E-state index is -0.506. The molecular weight excluding hydrogens is 321 g/mol. The van der Waals surface area contributed by atoms with Crippen molar-refractivity contribution in [3.8, 4) is 0 Å². The van der Waals surface area contributed by atoms with Gasteiger partial charge in [-0.15, -0.1) is 0 Å². The van der Waals surface area contributed by atoms with E-state index in [2.05, 4.69) is 21.2 Å². The highest BCUT2D eigenvalue weighted by Crippen LogP contribution is 2.26. The second kappa shape index (κ2) is 5.37. The molecule has 1 aliphatic rings. The second-order valence-electron chi connectivity index (χ2n) is 4.83. The van der Waals surface area contributed by atoms with Gasteiger partial charge in [-0.1, -0.05) is 6.07 Å². The van der Waals surface area contributed by atoms with Crippen molar-refractivity contribution in [2.75, 3.05) is 11.9 Å². The van der Waals surface area contributed by atoms with Crippen LogP contribution in [-0.4, -0.2) is 12.3 Å². The summed E-state index contributed by atoms with van der Waals surface area (Å²) in [6.45, 7) is 0.959. The highest BCUT2D eigenvalue weighted by Gasteiger charge is 2.17. The summed E-state index contributed by atoms with van der Waals surface area (Å²) in [7, 11) is 0. The van der Waals surface area contributed by atoms with Crippen LogP contribution in [-0.2, 0) is 6.42 Å². The molecule has 102 valence electrons. The van der Waals surface area contributed by atoms with Crippen molar-refractivity contribution in [3.05, 3.63) is 63.4 Å². The number of rotatable bonds is 2. The summed E-state index contributed by atoms with van der Waals surface area (Å²) in [5, 5.41) is 3.30. The summed E-state index contributed by atoms with van der Waals surface area (Å²) < 4.78 is 14.3. The highest BCUT2D eigenvalue weighted by atomic mass is 79.9. The van der Waals surface area contributed by atoms with Gasteiger partial charge in [-0.25, -0.2) is 4.39 Å². The fourth-order valence-electron chi connectivity index (χ4n) is 2.45. The Balaban J connectivity index is 2.00. The Labute approximate surface area is 125 Å². The summed E-state index contributed by atoms with van der Waals surface area (Å²) in [5.41, 5.74) is 2.83. The Morgan fingerprint density at radius 2 is 2.10 bits per heavy atom. The SMILES string of the molecule is O=C(c1ccc2c(c1)CCCN2)c1cccc(Br)c1F. The smallest absolute Gasteiger partial charge is 0.196 e. The first-order valence-electron chi connectivity index (χ1n) is 6.52. The molecule has 2 nitrogen and oxygen atoms in total. The van der Waals surface area contributed by atoms with Gasteiger partial charge in [0.25, 0.3) is 0 Å². The number of benzene rings is 2. The van der Waals surface area contributed by atoms with Crippen molar-refractivity contribution in [2.24, 2.45) is 0 Å². The van der Waals surface area contributed by atoms with E-state index in [0.29, 0.717) is 10.0 Å². The van der Waals surface area contributed by atoms with Crippen LogP contribution in [0.15, 0.2) is 40.9 Å². The van der Waals surface area contributed by atoms with Crippen molar-refractivity contribution in [1.82, 2.24) is 0 Å². The van der Waals surface area contributed by atoms with Crippen molar-refractivity contribution in [3.63, 3.8) is 0 Å². The van der Waals surface area contributed by atoms with E-state index in [1.807, 2.05) is 12.1 Å². The van der Waals surface area contributed by atoms with E-state index >= 15 is 0 Å². The van der Waals surface area contributed by atoms with E-state index in [1.165, 1.54) is 6.07 Å². The lowest BCUT2D eigenvalue weighted by molar-refractivity contribution is 0.103. The third-order valence-electron chi connectivity index (χ3n) is 3.50. The summed E-state index contributed by atoms with van der Waals surface area (Å²) in [4.78, 5) is 12.4. The van der Waals surface area contributed by atoms with Gasteiger partial charge >= 0.3 is 0 Å². The third kappa shape index (κ3) is 2.36. The van der Waals surface area contributed by atoms with Crippen LogP contribution in [0.25, 0.3) is 0 Å². The highest BCUT2D eigenvalue weighted by molar-refractivity contribution is 9.10. The second-order valence-corrected chi connectivity index (χ2v) is 5.69. The number of carbonyl (C=O) groups excluding carboxylic acids is 1. The van der Waals surface area contributed by atoms with Gasteiger partial charge in [-0.2, -0.15) is 0 Å². The molecule has 1 aliphatic heterocycles. The topological polar surface area (TPSA) is 29.1 Å². The lowest BCUT2D eigenvalue weighted by Crippen LogP contribution is -2.13. The molecule has 1 heterocycles. The number of aryl methyl sites for hydroxylation is 1. The number of fused-ring (bicyclic) bond motifs is 1. The van der Waals surface area contributed by atoms with Gasteiger partial charge in [0.2, 0.25) is 0 Å². The van der Waals surface area contributed by atoms with Crippen LogP contribution >= 0.6 is 15.9 Å². The van der Waals surface area contributed by atoms with Crippen molar-refractivity contribution in [1.29, 1.82) is 0 Å². The molecule has 20 heavy (non-hydrogen) atoms. The molecule has 2 aromatic carbocycles. The molecule has 3 rings (SSSR count). The van der Waals surface area contributed by atoms with Crippen LogP contribution in [0.1, 0.15) is 27.9 Å². The average Bonchev–Trinajstić information content (AvgIpc) is 2.49. The maximum Gasteiger partial charge on any atom is 0.196 e. The first kappa shape index (κ1) is 13.3. The number of hydrogen-bond acceptors (Lipinski definition) is 2. The maximum atomic E-state index is 14.0. The molecule has 0 radical (unpaired) electrons. The van der Waals surface area contributed by atoms with Crippen LogP contribution < -0.4 is 5.32 Å². The molecule has 0 saturated carbocycles. The van der Waals surface area contributed by atoms with E-state index in [-0.39, 0.29) is 11.3 Å². The molecule has 2 aromatic rings. The van der Waals surface area contributed by atoms with Crippen molar-refractivity contribution >= 4 is 27.4 Å². The normalized spacial score (nSPS) is 13.5. The van der Waals surface area contributed by atoms with Crippen molar-refractivity contribution in [2.45, 2.75) is 12.8 Å². The van der Waals surface area contributed by atoms with E-state index in [1.54, 1.807) is 18.2 Å². The van der Waals surface area contributed by atoms with E-state index in [0.717, 1.165) is 30.6 Å².